The number of aliphatic hydroxyl groups is 4. The van der Waals surface area contributed by atoms with Crippen LogP contribution in [0.25, 0.3) is 0 Å². The lowest BCUT2D eigenvalue weighted by molar-refractivity contribution is -0.308. The second kappa shape index (κ2) is 10.5. The monoisotopic (exact) mass is 634 g/mol. The topological polar surface area (TPSA) is 174 Å². The number of carboxylic acid groups (broad SMARTS) is 2. The van der Waals surface area contributed by atoms with E-state index in [2.05, 4.69) is 40.7 Å². The number of ether oxygens (including phenoxy) is 2. The maximum Gasteiger partial charge on any atom is 0.312 e. The van der Waals surface area contributed by atoms with Gasteiger partial charge in [0.25, 0.3) is 0 Å². The molecule has 0 aromatic rings. The van der Waals surface area contributed by atoms with Gasteiger partial charge in [-0.3, -0.25) is 9.59 Å². The van der Waals surface area contributed by atoms with Crippen LogP contribution in [0.3, 0.4) is 0 Å². The highest BCUT2D eigenvalue weighted by molar-refractivity contribution is 5.78. The second-order valence-corrected chi connectivity index (χ2v) is 17.3. The van der Waals surface area contributed by atoms with Crippen molar-refractivity contribution in [3.05, 3.63) is 11.6 Å². The Kier molecular flexibility index (Phi) is 7.76. The summed E-state index contributed by atoms with van der Waals surface area (Å²) in [6.07, 6.45) is 0.607. The lowest BCUT2D eigenvalue weighted by Crippen LogP contribution is -2.69. The first kappa shape index (κ1) is 33.3. The molecular formula is C35H54O10. The summed E-state index contributed by atoms with van der Waals surface area (Å²) in [5.74, 6) is -2.27. The van der Waals surface area contributed by atoms with Crippen LogP contribution in [0.2, 0.25) is 0 Å². The van der Waals surface area contributed by atoms with Crippen molar-refractivity contribution in [1.29, 1.82) is 0 Å². The zero-order chi connectivity index (χ0) is 33.1. The van der Waals surface area contributed by atoms with Crippen LogP contribution in [-0.2, 0) is 19.1 Å². The Bertz CT molecular complexity index is 1260. The third-order valence-corrected chi connectivity index (χ3v) is 14.9. The van der Waals surface area contributed by atoms with Crippen LogP contribution >= 0.6 is 0 Å². The molecule has 1 saturated heterocycles. The molecule has 0 radical (unpaired) electrons. The summed E-state index contributed by atoms with van der Waals surface area (Å²) in [5, 5.41) is 64.0. The Morgan fingerprint density at radius 1 is 0.844 bits per heavy atom. The average molecular weight is 635 g/mol. The van der Waals surface area contributed by atoms with Crippen LogP contribution in [0.1, 0.15) is 99.3 Å². The molecule has 0 aromatic heterocycles. The Labute approximate surface area is 266 Å². The predicted octanol–water partition coefficient (Wildman–Crippen LogP) is 3.73. The van der Waals surface area contributed by atoms with Crippen LogP contribution in [0.5, 0.6) is 0 Å². The average Bonchev–Trinajstić information content (AvgIpc) is 2.94. The molecule has 5 fully saturated rings. The fraction of sp³-hybridized carbons (Fsp3) is 0.886. The van der Waals surface area contributed by atoms with Gasteiger partial charge in [0.2, 0.25) is 0 Å². The van der Waals surface area contributed by atoms with Gasteiger partial charge in [-0.05, 0) is 104 Å². The molecular weight excluding hydrogens is 580 g/mol. The van der Waals surface area contributed by atoms with E-state index in [1.54, 1.807) is 6.92 Å². The molecule has 6 aliphatic rings. The molecule has 0 bridgehead atoms. The molecule has 0 aromatic carbocycles. The van der Waals surface area contributed by atoms with Gasteiger partial charge in [-0.2, -0.15) is 0 Å². The summed E-state index contributed by atoms with van der Waals surface area (Å²) in [4.78, 5) is 26.2. The standard InChI is InChI=1S/C35H54O10/c1-30(2)13-14-35(29(42)43)19(15-30)18-7-8-21-31(3)11-10-24(45-27-26(39)25(38)20(36)17-44-27)34(6,28(40)41)22(31)9-12-32(21,4)33(18,5)16-23(35)37/h7,19-27,36-39H,8-17H2,1-6H3,(H,40,41)(H,42,43)/t19-,20+,21-,22-,23-,24+,25+,26-,27+,31-,32-,33-,34+,35-/m1/s1. The summed E-state index contributed by atoms with van der Waals surface area (Å²) >= 11 is 0. The van der Waals surface area contributed by atoms with Crippen molar-refractivity contribution >= 4 is 11.9 Å². The third kappa shape index (κ3) is 4.34. The normalized spacial score (nSPS) is 54.0. The van der Waals surface area contributed by atoms with E-state index in [-0.39, 0.29) is 40.6 Å². The lowest BCUT2D eigenvalue weighted by Gasteiger charge is -2.71. The van der Waals surface area contributed by atoms with E-state index in [9.17, 15) is 40.2 Å². The molecule has 0 amide bonds. The van der Waals surface area contributed by atoms with Crippen molar-refractivity contribution in [1.82, 2.24) is 0 Å². The number of aliphatic hydroxyl groups excluding tert-OH is 4. The molecule has 10 nitrogen and oxygen atoms in total. The molecule has 10 heteroatoms. The number of aliphatic carboxylic acids is 2. The molecule has 5 aliphatic carbocycles. The van der Waals surface area contributed by atoms with Crippen LogP contribution < -0.4 is 0 Å². The number of fused-ring (bicyclic) bond motifs is 7. The number of carboxylic acids is 2. The van der Waals surface area contributed by atoms with Gasteiger partial charge in [0.1, 0.15) is 23.7 Å². The maximum absolute atomic E-state index is 13.2. The Morgan fingerprint density at radius 3 is 2.18 bits per heavy atom. The molecule has 4 saturated carbocycles. The van der Waals surface area contributed by atoms with E-state index < -0.39 is 65.0 Å². The van der Waals surface area contributed by atoms with E-state index >= 15 is 0 Å². The van der Waals surface area contributed by atoms with E-state index in [0.29, 0.717) is 32.1 Å². The van der Waals surface area contributed by atoms with Gasteiger partial charge >= 0.3 is 11.9 Å². The third-order valence-electron chi connectivity index (χ3n) is 14.9. The zero-order valence-electron chi connectivity index (χ0n) is 27.7. The SMILES string of the molecule is CC1(C)CC[C@]2(C(=O)O)[C@H](O)C[C@]3(C)C(=CC[C@@H]4[C@@]5(C)CC[C@H](O[C@@H]6OC[C@H](O)[C@H](O)[C@H]6O)[C@@](C)(C(=O)O)[C@@H]5CC[C@]43C)[C@H]2C1. The van der Waals surface area contributed by atoms with Gasteiger partial charge < -0.3 is 40.1 Å². The maximum atomic E-state index is 13.2. The van der Waals surface area contributed by atoms with Crippen LogP contribution in [0.4, 0.5) is 0 Å². The molecule has 6 N–H and O–H groups in total. The van der Waals surface area contributed by atoms with Gasteiger partial charge in [0.15, 0.2) is 6.29 Å². The molecule has 254 valence electrons. The number of carbonyl (C=O) groups is 2. The van der Waals surface area contributed by atoms with E-state index in [1.165, 1.54) is 5.57 Å². The quantitative estimate of drug-likeness (QED) is 0.198. The van der Waals surface area contributed by atoms with Crippen LogP contribution in [-0.4, -0.2) is 86.0 Å². The zero-order valence-corrected chi connectivity index (χ0v) is 27.7. The highest BCUT2D eigenvalue weighted by Gasteiger charge is 2.72. The number of rotatable bonds is 4. The van der Waals surface area contributed by atoms with Gasteiger partial charge in [-0.25, -0.2) is 0 Å². The summed E-state index contributed by atoms with van der Waals surface area (Å²) in [7, 11) is 0. The minimum atomic E-state index is -1.50. The van der Waals surface area contributed by atoms with E-state index in [0.717, 1.165) is 25.7 Å². The molecule has 0 unspecified atom stereocenters. The van der Waals surface area contributed by atoms with Crippen molar-refractivity contribution in [2.45, 2.75) is 136 Å². The molecule has 0 spiro atoms. The minimum Gasteiger partial charge on any atom is -0.481 e. The summed E-state index contributed by atoms with van der Waals surface area (Å²) in [5.41, 5.74) is -2.44. The first-order valence-corrected chi connectivity index (χ1v) is 17.0. The van der Waals surface area contributed by atoms with Gasteiger partial charge in [-0.1, -0.05) is 46.3 Å². The Balaban J connectivity index is 1.36. The van der Waals surface area contributed by atoms with Crippen LogP contribution in [0.15, 0.2) is 11.6 Å². The number of hydrogen-bond donors (Lipinski definition) is 6. The molecule has 45 heavy (non-hydrogen) atoms. The predicted molar refractivity (Wildman–Crippen MR) is 163 cm³/mol. The van der Waals surface area contributed by atoms with Crippen molar-refractivity contribution < 1.29 is 49.7 Å². The molecule has 14 atom stereocenters. The molecule has 1 heterocycles. The highest BCUT2D eigenvalue weighted by Crippen LogP contribution is 2.76. The second-order valence-electron chi connectivity index (χ2n) is 17.3. The minimum absolute atomic E-state index is 0.0325. The van der Waals surface area contributed by atoms with E-state index in [4.69, 9.17) is 9.47 Å². The lowest BCUT2D eigenvalue weighted by atomic mass is 9.33. The van der Waals surface area contributed by atoms with Gasteiger partial charge in [0, 0.05) is 0 Å². The Hall–Kier alpha value is -1.56. The van der Waals surface area contributed by atoms with Crippen molar-refractivity contribution in [3.8, 4) is 0 Å². The summed E-state index contributed by atoms with van der Waals surface area (Å²) in [6, 6.07) is 0. The van der Waals surface area contributed by atoms with Crippen molar-refractivity contribution in [2.75, 3.05) is 6.61 Å². The first-order chi connectivity index (χ1) is 20.8. The summed E-state index contributed by atoms with van der Waals surface area (Å²) in [6.45, 7) is 12.7. The van der Waals surface area contributed by atoms with Crippen molar-refractivity contribution in [2.24, 2.45) is 50.2 Å². The largest absolute Gasteiger partial charge is 0.481 e. The molecule has 6 rings (SSSR count). The number of hydrogen-bond acceptors (Lipinski definition) is 8. The van der Waals surface area contributed by atoms with Gasteiger partial charge in [-0.15, -0.1) is 0 Å². The fourth-order valence-corrected chi connectivity index (χ4v) is 12.0. The van der Waals surface area contributed by atoms with Crippen LogP contribution in [0, 0.1) is 50.2 Å². The smallest absolute Gasteiger partial charge is 0.312 e. The Morgan fingerprint density at radius 2 is 1.53 bits per heavy atom. The van der Waals surface area contributed by atoms with E-state index in [1.807, 2.05) is 0 Å². The molecule has 1 aliphatic heterocycles. The highest BCUT2D eigenvalue weighted by atomic mass is 16.7. The summed E-state index contributed by atoms with van der Waals surface area (Å²) < 4.78 is 11.7. The van der Waals surface area contributed by atoms with Crippen molar-refractivity contribution in [3.63, 3.8) is 0 Å². The fourth-order valence-electron chi connectivity index (χ4n) is 12.0. The first-order valence-electron chi connectivity index (χ1n) is 17.0. The number of allylic oxidation sites excluding steroid dienone is 2. The van der Waals surface area contributed by atoms with Gasteiger partial charge in [0.05, 0.1) is 24.2 Å².